The van der Waals surface area contributed by atoms with E-state index in [1.807, 2.05) is 0 Å². The molecule has 0 radical (unpaired) electrons. The number of rotatable bonds is 1. The van der Waals surface area contributed by atoms with Gasteiger partial charge in [0.2, 0.25) is 11.8 Å². The Morgan fingerprint density at radius 1 is 1.00 bits per heavy atom. The molecule has 1 saturated carbocycles. The molecule has 4 atom stereocenters. The number of amides is 2. The molecule has 2 bridgehead atoms. The smallest absolute Gasteiger partial charge is 0.238 e. The topological polar surface area (TPSA) is 37.4 Å². The van der Waals surface area contributed by atoms with Gasteiger partial charge in [-0.1, -0.05) is 35.4 Å². The molecule has 0 N–H and O–H groups in total. The minimum atomic E-state index is -0.204. The molecule has 0 spiro atoms. The van der Waals surface area contributed by atoms with Gasteiger partial charge in [-0.3, -0.25) is 9.59 Å². The maximum absolute atomic E-state index is 12.6. The Bertz CT molecular complexity index is 640. The van der Waals surface area contributed by atoms with Gasteiger partial charge < -0.3 is 0 Å². The predicted molar refractivity (Wildman–Crippen MR) is 76.7 cm³/mol. The lowest BCUT2D eigenvalue weighted by Crippen LogP contribution is -2.33. The molecule has 0 aromatic heterocycles. The third-order valence-electron chi connectivity index (χ3n) is 4.62. The van der Waals surface area contributed by atoms with E-state index in [0.29, 0.717) is 15.7 Å². The highest BCUT2D eigenvalue weighted by Gasteiger charge is 2.59. The SMILES string of the molecule is O=C1[C@@H]2[C@H](C(=O)N1c1ccc(Cl)cc1Cl)[C@@H]1C=C[C@@H]2C1. The number of carbonyl (C=O) groups is 2. The van der Waals surface area contributed by atoms with E-state index in [2.05, 4.69) is 12.2 Å². The standard InChI is InChI=1S/C15H11Cl2NO2/c16-9-3-4-11(10(17)6-9)18-14(19)12-7-1-2-8(5-7)13(12)15(18)20/h1-4,6-8,12-13H,5H2/t7-,8-,12-,13+/m1/s1. The van der Waals surface area contributed by atoms with Crippen LogP contribution in [0.15, 0.2) is 30.4 Å². The second-order valence-corrected chi connectivity index (χ2v) is 6.45. The first kappa shape index (κ1) is 12.4. The van der Waals surface area contributed by atoms with Crippen molar-refractivity contribution in [3.05, 3.63) is 40.4 Å². The molecule has 2 fully saturated rings. The minimum absolute atomic E-state index is 0.124. The summed E-state index contributed by atoms with van der Waals surface area (Å²) < 4.78 is 0. The van der Waals surface area contributed by atoms with Crippen molar-refractivity contribution in [3.63, 3.8) is 0 Å². The van der Waals surface area contributed by atoms with E-state index in [9.17, 15) is 9.59 Å². The molecule has 0 unspecified atom stereocenters. The summed E-state index contributed by atoms with van der Waals surface area (Å²) in [7, 11) is 0. The van der Waals surface area contributed by atoms with Crippen LogP contribution in [0.1, 0.15) is 6.42 Å². The summed E-state index contributed by atoms with van der Waals surface area (Å²) in [4.78, 5) is 26.5. The molecule has 4 rings (SSSR count). The van der Waals surface area contributed by atoms with Crippen molar-refractivity contribution < 1.29 is 9.59 Å². The van der Waals surface area contributed by atoms with Crippen molar-refractivity contribution >= 4 is 40.7 Å². The van der Waals surface area contributed by atoms with Gasteiger partial charge in [-0.2, -0.15) is 0 Å². The second kappa shape index (κ2) is 4.09. The zero-order valence-electron chi connectivity index (χ0n) is 10.4. The van der Waals surface area contributed by atoms with E-state index >= 15 is 0 Å². The molecule has 2 aliphatic carbocycles. The van der Waals surface area contributed by atoms with E-state index in [1.165, 1.54) is 4.90 Å². The van der Waals surface area contributed by atoms with E-state index in [-0.39, 0.29) is 35.5 Å². The van der Waals surface area contributed by atoms with E-state index in [4.69, 9.17) is 23.2 Å². The normalized spacial score (nSPS) is 34.2. The summed E-state index contributed by atoms with van der Waals surface area (Å²) in [5.74, 6) is -0.245. The number of carbonyl (C=O) groups excluding carboxylic acids is 2. The molecule has 20 heavy (non-hydrogen) atoms. The van der Waals surface area contributed by atoms with Crippen LogP contribution in [0.25, 0.3) is 0 Å². The lowest BCUT2D eigenvalue weighted by molar-refractivity contribution is -0.123. The molecule has 3 aliphatic rings. The molecule has 1 aromatic carbocycles. The highest BCUT2D eigenvalue weighted by Crippen LogP contribution is 2.53. The Kier molecular flexibility index (Phi) is 2.54. The summed E-state index contributed by atoms with van der Waals surface area (Å²) in [5, 5.41) is 0.819. The third-order valence-corrected chi connectivity index (χ3v) is 5.16. The molecule has 1 heterocycles. The highest BCUT2D eigenvalue weighted by molar-refractivity contribution is 6.38. The number of hydrogen-bond donors (Lipinski definition) is 0. The lowest BCUT2D eigenvalue weighted by atomic mass is 9.85. The lowest BCUT2D eigenvalue weighted by Gasteiger charge is -2.18. The van der Waals surface area contributed by atoms with Crippen molar-refractivity contribution in [1.82, 2.24) is 0 Å². The van der Waals surface area contributed by atoms with Crippen molar-refractivity contribution in [2.75, 3.05) is 4.90 Å². The van der Waals surface area contributed by atoms with Crippen LogP contribution >= 0.6 is 23.2 Å². The van der Waals surface area contributed by atoms with Crippen LogP contribution < -0.4 is 4.90 Å². The molecule has 2 amide bonds. The summed E-state index contributed by atoms with van der Waals surface area (Å²) in [6, 6.07) is 4.83. The van der Waals surface area contributed by atoms with Crippen LogP contribution in [-0.4, -0.2) is 11.8 Å². The summed E-state index contributed by atoms with van der Waals surface area (Å²) in [6.45, 7) is 0. The maximum Gasteiger partial charge on any atom is 0.238 e. The van der Waals surface area contributed by atoms with E-state index in [1.54, 1.807) is 18.2 Å². The molecule has 1 aromatic rings. The van der Waals surface area contributed by atoms with Crippen molar-refractivity contribution in [1.29, 1.82) is 0 Å². The first-order valence-corrected chi connectivity index (χ1v) is 7.34. The van der Waals surface area contributed by atoms with Crippen LogP contribution in [0.5, 0.6) is 0 Å². The Morgan fingerprint density at radius 2 is 1.60 bits per heavy atom. The number of allylic oxidation sites excluding steroid dienone is 2. The molecule has 3 nitrogen and oxygen atoms in total. The molecular formula is C15H11Cl2NO2. The van der Waals surface area contributed by atoms with Gasteiger partial charge >= 0.3 is 0 Å². The highest BCUT2D eigenvalue weighted by atomic mass is 35.5. The fourth-order valence-corrected chi connectivity index (χ4v) is 4.30. The predicted octanol–water partition coefficient (Wildman–Crippen LogP) is 3.30. The average molecular weight is 308 g/mol. The number of halogens is 2. The maximum atomic E-state index is 12.6. The van der Waals surface area contributed by atoms with Gasteiger partial charge in [0.1, 0.15) is 0 Å². The summed E-state index contributed by atoms with van der Waals surface area (Å²) in [5.41, 5.74) is 0.444. The van der Waals surface area contributed by atoms with E-state index in [0.717, 1.165) is 6.42 Å². The Balaban J connectivity index is 1.78. The molecule has 5 heteroatoms. The van der Waals surface area contributed by atoms with Gasteiger partial charge in [0.15, 0.2) is 0 Å². The van der Waals surface area contributed by atoms with Crippen LogP contribution in [0.2, 0.25) is 10.0 Å². The molecule has 1 saturated heterocycles. The summed E-state index contributed by atoms with van der Waals surface area (Å²) >= 11 is 12.0. The number of anilines is 1. The summed E-state index contributed by atoms with van der Waals surface area (Å²) in [6.07, 6.45) is 5.07. The van der Waals surface area contributed by atoms with Gasteiger partial charge in [0.05, 0.1) is 22.5 Å². The number of imide groups is 1. The minimum Gasteiger partial charge on any atom is -0.274 e. The first-order valence-electron chi connectivity index (χ1n) is 6.59. The number of benzene rings is 1. The van der Waals surface area contributed by atoms with Crippen molar-refractivity contribution in [2.45, 2.75) is 6.42 Å². The van der Waals surface area contributed by atoms with Gasteiger partial charge in [-0.05, 0) is 36.5 Å². The average Bonchev–Trinajstić information content (AvgIpc) is 3.06. The number of hydrogen-bond acceptors (Lipinski definition) is 2. The van der Waals surface area contributed by atoms with Gasteiger partial charge in [-0.15, -0.1) is 0 Å². The fourth-order valence-electron chi connectivity index (χ4n) is 3.80. The fraction of sp³-hybridized carbons (Fsp3) is 0.333. The Labute approximate surface area is 126 Å². The van der Waals surface area contributed by atoms with Crippen molar-refractivity contribution in [3.8, 4) is 0 Å². The zero-order chi connectivity index (χ0) is 14.0. The molecular weight excluding hydrogens is 297 g/mol. The quantitative estimate of drug-likeness (QED) is 0.589. The Hall–Kier alpha value is -1.32. The van der Waals surface area contributed by atoms with Crippen LogP contribution in [0.4, 0.5) is 5.69 Å². The Morgan fingerprint density at radius 3 is 2.15 bits per heavy atom. The number of nitrogens with zero attached hydrogens (tertiary/aromatic N) is 1. The van der Waals surface area contributed by atoms with Crippen LogP contribution in [0, 0.1) is 23.7 Å². The van der Waals surface area contributed by atoms with Gasteiger partial charge in [0, 0.05) is 5.02 Å². The number of fused-ring (bicyclic) bond motifs is 5. The first-order chi connectivity index (χ1) is 9.58. The van der Waals surface area contributed by atoms with Crippen LogP contribution in [0.3, 0.4) is 0 Å². The zero-order valence-corrected chi connectivity index (χ0v) is 11.9. The third kappa shape index (κ3) is 1.48. The second-order valence-electron chi connectivity index (χ2n) is 5.61. The van der Waals surface area contributed by atoms with Crippen molar-refractivity contribution in [2.24, 2.45) is 23.7 Å². The van der Waals surface area contributed by atoms with Crippen LogP contribution in [-0.2, 0) is 9.59 Å². The van der Waals surface area contributed by atoms with Gasteiger partial charge in [-0.25, -0.2) is 4.90 Å². The largest absolute Gasteiger partial charge is 0.274 e. The molecule has 1 aliphatic heterocycles. The van der Waals surface area contributed by atoms with Gasteiger partial charge in [0.25, 0.3) is 0 Å². The van der Waals surface area contributed by atoms with E-state index < -0.39 is 0 Å². The molecule has 102 valence electrons. The monoisotopic (exact) mass is 307 g/mol.